The molecule has 114 valence electrons. The number of benzene rings is 1. The number of nitrogens with zero attached hydrogens (tertiary/aromatic N) is 2. The first-order valence-electron chi connectivity index (χ1n) is 5.80. The fourth-order valence-electron chi connectivity index (χ4n) is 2.03. The van der Waals surface area contributed by atoms with Crippen LogP contribution in [0.15, 0.2) is 46.5 Å². The molecule has 8 nitrogen and oxygen atoms in total. The fourth-order valence-corrected chi connectivity index (χ4v) is 2.96. The summed E-state index contributed by atoms with van der Waals surface area (Å²) in [7, 11) is -8.74. The van der Waals surface area contributed by atoms with Crippen LogP contribution in [0.3, 0.4) is 0 Å². The van der Waals surface area contributed by atoms with E-state index in [1.807, 2.05) is 0 Å². The topological polar surface area (TPSA) is 135 Å². The molecule has 0 fully saturated rings. The van der Waals surface area contributed by atoms with Gasteiger partial charge in [-0.15, -0.1) is 0 Å². The Morgan fingerprint density at radius 3 is 1.41 bits per heavy atom. The lowest BCUT2D eigenvalue weighted by molar-refractivity contribution is 0.480. The van der Waals surface area contributed by atoms with E-state index in [1.165, 1.54) is 24.3 Å². The second-order valence-electron chi connectivity index (χ2n) is 4.50. The first-order chi connectivity index (χ1) is 10.2. The molecule has 0 unspecified atom stereocenters. The highest BCUT2D eigenvalue weighted by Gasteiger charge is 2.15. The third-order valence-electron chi connectivity index (χ3n) is 3.05. The van der Waals surface area contributed by atoms with Crippen LogP contribution in [0.25, 0.3) is 21.8 Å². The van der Waals surface area contributed by atoms with Crippen molar-refractivity contribution in [3.05, 3.63) is 36.7 Å². The predicted molar refractivity (Wildman–Crippen MR) is 76.7 cm³/mol. The van der Waals surface area contributed by atoms with Gasteiger partial charge in [-0.3, -0.25) is 19.1 Å². The number of pyridine rings is 2. The Morgan fingerprint density at radius 1 is 0.727 bits per heavy atom. The van der Waals surface area contributed by atoms with Gasteiger partial charge in [0.05, 0.1) is 11.0 Å². The number of hydrogen-bond donors (Lipinski definition) is 2. The van der Waals surface area contributed by atoms with Gasteiger partial charge < -0.3 is 0 Å². The van der Waals surface area contributed by atoms with E-state index in [0.717, 1.165) is 12.4 Å². The molecule has 10 heteroatoms. The normalized spacial score (nSPS) is 12.8. The smallest absolute Gasteiger partial charge is 0.282 e. The predicted octanol–water partition coefficient (Wildman–Crippen LogP) is 1.28. The van der Waals surface area contributed by atoms with Gasteiger partial charge in [0.1, 0.15) is 9.79 Å². The van der Waals surface area contributed by atoms with Crippen LogP contribution in [-0.4, -0.2) is 35.9 Å². The monoisotopic (exact) mass is 340 g/mol. The minimum atomic E-state index is -4.37. The van der Waals surface area contributed by atoms with E-state index in [4.69, 9.17) is 9.11 Å². The first kappa shape index (κ1) is 14.8. The molecule has 0 saturated heterocycles. The zero-order valence-corrected chi connectivity index (χ0v) is 12.3. The van der Waals surface area contributed by atoms with E-state index < -0.39 is 20.2 Å². The van der Waals surface area contributed by atoms with Crippen LogP contribution in [0.5, 0.6) is 0 Å². The highest BCUT2D eigenvalue weighted by molar-refractivity contribution is 7.86. The van der Waals surface area contributed by atoms with Crippen molar-refractivity contribution in [2.75, 3.05) is 0 Å². The number of hydrogen-bond acceptors (Lipinski definition) is 6. The Kier molecular flexibility index (Phi) is 3.14. The highest BCUT2D eigenvalue weighted by atomic mass is 32.2. The maximum atomic E-state index is 11.1. The third kappa shape index (κ3) is 2.52. The number of rotatable bonds is 2. The van der Waals surface area contributed by atoms with E-state index in [-0.39, 0.29) is 9.79 Å². The van der Waals surface area contributed by atoms with Crippen LogP contribution in [0.2, 0.25) is 0 Å². The van der Waals surface area contributed by atoms with Gasteiger partial charge in [0.15, 0.2) is 0 Å². The minimum Gasteiger partial charge on any atom is -0.282 e. The molecule has 0 spiro atoms. The molecule has 0 atom stereocenters. The van der Waals surface area contributed by atoms with Crippen LogP contribution in [0, 0.1) is 0 Å². The maximum Gasteiger partial charge on any atom is 0.296 e. The van der Waals surface area contributed by atoms with Crippen LogP contribution in [0.4, 0.5) is 0 Å². The van der Waals surface area contributed by atoms with Crippen molar-refractivity contribution in [2.24, 2.45) is 0 Å². The Hall–Kier alpha value is -2.14. The summed E-state index contributed by atoms with van der Waals surface area (Å²) in [6.45, 7) is 0. The summed E-state index contributed by atoms with van der Waals surface area (Å²) in [6, 6.07) is 5.48. The first-order valence-corrected chi connectivity index (χ1v) is 8.68. The van der Waals surface area contributed by atoms with E-state index in [2.05, 4.69) is 9.97 Å². The lowest BCUT2D eigenvalue weighted by Crippen LogP contribution is -2.00. The van der Waals surface area contributed by atoms with Gasteiger partial charge in [0.25, 0.3) is 20.2 Å². The summed E-state index contributed by atoms with van der Waals surface area (Å²) in [4.78, 5) is 7.20. The second-order valence-corrected chi connectivity index (χ2v) is 7.34. The highest BCUT2D eigenvalue weighted by Crippen LogP contribution is 2.25. The molecular weight excluding hydrogens is 332 g/mol. The van der Waals surface area contributed by atoms with Gasteiger partial charge in [-0.05, 0) is 12.1 Å². The lowest BCUT2D eigenvalue weighted by atomic mass is 10.1. The molecule has 2 N–H and O–H groups in total. The van der Waals surface area contributed by atoms with E-state index in [1.54, 1.807) is 0 Å². The van der Waals surface area contributed by atoms with E-state index in [0.29, 0.717) is 21.8 Å². The number of aromatic nitrogens is 2. The van der Waals surface area contributed by atoms with Crippen LogP contribution in [0.1, 0.15) is 0 Å². The average Bonchev–Trinajstić information content (AvgIpc) is 2.44. The van der Waals surface area contributed by atoms with Crippen LogP contribution >= 0.6 is 0 Å². The van der Waals surface area contributed by atoms with Crippen LogP contribution in [-0.2, 0) is 20.2 Å². The molecule has 2 aromatic heterocycles. The van der Waals surface area contributed by atoms with Crippen molar-refractivity contribution in [3.8, 4) is 0 Å². The summed E-state index contributed by atoms with van der Waals surface area (Å²) in [5.74, 6) is 0. The zero-order valence-electron chi connectivity index (χ0n) is 10.7. The maximum absolute atomic E-state index is 11.1. The van der Waals surface area contributed by atoms with Gasteiger partial charge >= 0.3 is 0 Å². The molecule has 0 aliphatic carbocycles. The fraction of sp³-hybridized carbons (Fsp3) is 0. The Balaban J connectivity index is 2.33. The number of fused-ring (bicyclic) bond motifs is 3. The molecule has 0 aliphatic rings. The van der Waals surface area contributed by atoms with Gasteiger partial charge in [-0.1, -0.05) is 12.1 Å². The lowest BCUT2D eigenvalue weighted by Gasteiger charge is -2.05. The summed E-state index contributed by atoms with van der Waals surface area (Å²) in [6.07, 6.45) is 1.96. The molecule has 0 amide bonds. The van der Waals surface area contributed by atoms with E-state index in [9.17, 15) is 16.8 Å². The summed E-state index contributed by atoms with van der Waals surface area (Å²) in [5.41, 5.74) is 0.679. The molecular formula is C12H8N2O6S2. The SMILES string of the molecule is O=S(=O)(O)c1cnc2c(ccc3cc(S(=O)(=O)O)cnc32)c1. The standard InChI is InChI=1S/C12H8N2O6S2/c15-21(16,17)9-3-7-1-2-8-4-10(22(18,19)20)6-14-12(8)11(7)13-5-9/h1-6H,(H,15,16,17)(H,18,19,20). The Bertz CT molecular complexity index is 1030. The van der Waals surface area contributed by atoms with Gasteiger partial charge in [0.2, 0.25) is 0 Å². The summed E-state index contributed by atoms with van der Waals surface area (Å²) < 4.78 is 62.4. The van der Waals surface area contributed by atoms with Gasteiger partial charge in [-0.2, -0.15) is 16.8 Å². The van der Waals surface area contributed by atoms with Crippen molar-refractivity contribution < 1.29 is 25.9 Å². The van der Waals surface area contributed by atoms with Crippen molar-refractivity contribution >= 4 is 42.0 Å². The van der Waals surface area contributed by atoms with Crippen molar-refractivity contribution in [1.82, 2.24) is 9.97 Å². The zero-order chi connectivity index (χ0) is 16.1. The average molecular weight is 340 g/mol. The molecule has 22 heavy (non-hydrogen) atoms. The van der Waals surface area contributed by atoms with Gasteiger partial charge in [-0.25, -0.2) is 0 Å². The van der Waals surface area contributed by atoms with E-state index >= 15 is 0 Å². The molecule has 3 aromatic rings. The molecule has 0 bridgehead atoms. The van der Waals surface area contributed by atoms with Crippen molar-refractivity contribution in [3.63, 3.8) is 0 Å². The second kappa shape index (κ2) is 4.68. The largest absolute Gasteiger partial charge is 0.296 e. The van der Waals surface area contributed by atoms with Crippen LogP contribution < -0.4 is 0 Å². The Labute approximate surface area is 124 Å². The summed E-state index contributed by atoms with van der Waals surface area (Å²) >= 11 is 0. The molecule has 3 rings (SSSR count). The van der Waals surface area contributed by atoms with Crippen molar-refractivity contribution in [2.45, 2.75) is 9.79 Å². The molecule has 0 radical (unpaired) electrons. The molecule has 0 aliphatic heterocycles. The van der Waals surface area contributed by atoms with Gasteiger partial charge in [0, 0.05) is 23.2 Å². The third-order valence-corrected chi connectivity index (χ3v) is 4.68. The summed E-state index contributed by atoms with van der Waals surface area (Å²) in [5, 5.41) is 0.824. The Morgan fingerprint density at radius 2 is 1.09 bits per heavy atom. The molecule has 2 heterocycles. The quantitative estimate of drug-likeness (QED) is 0.526. The minimum absolute atomic E-state index is 0.340. The molecule has 0 saturated carbocycles. The molecule has 1 aromatic carbocycles. The van der Waals surface area contributed by atoms with Crippen molar-refractivity contribution in [1.29, 1.82) is 0 Å².